The first-order chi connectivity index (χ1) is 11.1. The number of benzene rings is 2. The van der Waals surface area contributed by atoms with Crippen molar-refractivity contribution in [3.05, 3.63) is 52.6 Å². The monoisotopic (exact) mass is 319 g/mol. The van der Waals surface area contributed by atoms with E-state index < -0.39 is 4.92 Å². The Bertz CT molecular complexity index is 656. The molecule has 0 aromatic heterocycles. The largest absolute Gasteiger partial charge is 0.497 e. The predicted octanol–water partition coefficient (Wildman–Crippen LogP) is 3.07. The van der Waals surface area contributed by atoms with E-state index in [0.717, 1.165) is 5.75 Å². The summed E-state index contributed by atoms with van der Waals surface area (Å²) in [5.41, 5.74) is -0.145. The fraction of sp³-hybridized carbons (Fsp3) is 0.250. The van der Waals surface area contributed by atoms with Gasteiger partial charge in [-0.3, -0.25) is 10.1 Å². The highest BCUT2D eigenvalue weighted by Crippen LogP contribution is 2.30. The van der Waals surface area contributed by atoms with E-state index >= 15 is 0 Å². The summed E-state index contributed by atoms with van der Waals surface area (Å²) < 4.78 is 20.9. The highest BCUT2D eigenvalue weighted by Gasteiger charge is 2.16. The molecule has 7 nitrogen and oxygen atoms in total. The van der Waals surface area contributed by atoms with Crippen LogP contribution in [0, 0.1) is 10.1 Å². The summed E-state index contributed by atoms with van der Waals surface area (Å²) in [4.78, 5) is 10.5. The molecule has 0 spiro atoms. The molecule has 0 saturated heterocycles. The molecular weight excluding hydrogens is 302 g/mol. The maximum Gasteiger partial charge on any atom is 0.314 e. The van der Waals surface area contributed by atoms with Crippen molar-refractivity contribution in [1.29, 1.82) is 0 Å². The van der Waals surface area contributed by atoms with Crippen molar-refractivity contribution in [1.82, 2.24) is 0 Å². The van der Waals surface area contributed by atoms with Gasteiger partial charge in [0.05, 0.1) is 25.2 Å². The van der Waals surface area contributed by atoms with E-state index in [9.17, 15) is 10.1 Å². The number of hydrogen-bond donors (Lipinski definition) is 0. The van der Waals surface area contributed by atoms with Gasteiger partial charge in [-0.15, -0.1) is 0 Å². The highest BCUT2D eigenvalue weighted by molar-refractivity contribution is 5.50. The Hall–Kier alpha value is -2.96. The fourth-order valence-electron chi connectivity index (χ4n) is 1.87. The Morgan fingerprint density at radius 1 is 0.870 bits per heavy atom. The fourth-order valence-corrected chi connectivity index (χ4v) is 1.87. The smallest absolute Gasteiger partial charge is 0.314 e. The molecule has 23 heavy (non-hydrogen) atoms. The lowest BCUT2D eigenvalue weighted by molar-refractivity contribution is -0.385. The van der Waals surface area contributed by atoms with E-state index in [4.69, 9.17) is 18.9 Å². The van der Waals surface area contributed by atoms with Crippen LogP contribution in [0.2, 0.25) is 0 Å². The zero-order valence-electron chi connectivity index (χ0n) is 12.9. The SMILES string of the molecule is COc1ccc(OCCOc2ccc(OC)cc2[N+](=O)[O-])cc1. The molecule has 0 saturated carbocycles. The molecule has 0 N–H and O–H groups in total. The van der Waals surface area contributed by atoms with Gasteiger partial charge < -0.3 is 18.9 Å². The number of nitro groups is 1. The van der Waals surface area contributed by atoms with Crippen LogP contribution < -0.4 is 18.9 Å². The van der Waals surface area contributed by atoms with Crippen molar-refractivity contribution >= 4 is 5.69 Å². The second kappa shape index (κ2) is 7.88. The summed E-state index contributed by atoms with van der Waals surface area (Å²) in [6, 6.07) is 11.5. The van der Waals surface area contributed by atoms with Crippen molar-refractivity contribution in [3.63, 3.8) is 0 Å². The number of ether oxygens (including phenoxy) is 4. The highest BCUT2D eigenvalue weighted by atomic mass is 16.6. The minimum Gasteiger partial charge on any atom is -0.497 e. The van der Waals surface area contributed by atoms with Crippen LogP contribution in [0.3, 0.4) is 0 Å². The van der Waals surface area contributed by atoms with Gasteiger partial charge >= 0.3 is 5.69 Å². The van der Waals surface area contributed by atoms with Crippen LogP contribution in [0.5, 0.6) is 23.0 Å². The van der Waals surface area contributed by atoms with Crippen molar-refractivity contribution in [3.8, 4) is 23.0 Å². The quantitative estimate of drug-likeness (QED) is 0.422. The van der Waals surface area contributed by atoms with E-state index in [-0.39, 0.29) is 24.7 Å². The first-order valence-corrected chi connectivity index (χ1v) is 6.86. The third-order valence-corrected chi connectivity index (χ3v) is 3.03. The van der Waals surface area contributed by atoms with E-state index in [0.29, 0.717) is 11.5 Å². The Labute approximate surface area is 133 Å². The zero-order valence-corrected chi connectivity index (χ0v) is 12.9. The van der Waals surface area contributed by atoms with Gasteiger partial charge in [-0.2, -0.15) is 0 Å². The molecule has 0 aliphatic carbocycles. The van der Waals surface area contributed by atoms with Crippen molar-refractivity contribution in [2.75, 3.05) is 27.4 Å². The Kier molecular flexibility index (Phi) is 5.62. The lowest BCUT2D eigenvalue weighted by Gasteiger charge is -2.09. The van der Waals surface area contributed by atoms with Crippen LogP contribution in [0.4, 0.5) is 5.69 Å². The molecule has 2 aromatic carbocycles. The van der Waals surface area contributed by atoms with Gasteiger partial charge in [0.2, 0.25) is 0 Å². The van der Waals surface area contributed by atoms with Gasteiger partial charge in [0.25, 0.3) is 0 Å². The Morgan fingerprint density at radius 2 is 1.43 bits per heavy atom. The zero-order chi connectivity index (χ0) is 16.7. The molecule has 2 rings (SSSR count). The standard InChI is InChI=1S/C16H17NO6/c1-20-12-3-5-13(6-4-12)22-9-10-23-16-8-7-14(21-2)11-15(16)17(18)19/h3-8,11H,9-10H2,1-2H3. The number of hydrogen-bond acceptors (Lipinski definition) is 6. The Morgan fingerprint density at radius 3 is 2.04 bits per heavy atom. The average molecular weight is 319 g/mol. The van der Waals surface area contributed by atoms with Gasteiger partial charge in [-0.25, -0.2) is 0 Å². The van der Waals surface area contributed by atoms with Gasteiger partial charge in [0.1, 0.15) is 30.5 Å². The molecule has 122 valence electrons. The Balaban J connectivity index is 1.89. The number of nitrogens with zero attached hydrogens (tertiary/aromatic N) is 1. The minimum absolute atomic E-state index is 0.145. The van der Waals surface area contributed by atoms with Crippen LogP contribution in [-0.2, 0) is 0 Å². The lowest BCUT2D eigenvalue weighted by Crippen LogP contribution is -2.10. The van der Waals surface area contributed by atoms with Gasteiger partial charge in [0, 0.05) is 0 Å². The molecule has 2 aromatic rings. The van der Waals surface area contributed by atoms with Crippen LogP contribution in [0.15, 0.2) is 42.5 Å². The van der Waals surface area contributed by atoms with Crippen molar-refractivity contribution < 1.29 is 23.9 Å². The van der Waals surface area contributed by atoms with Crippen LogP contribution >= 0.6 is 0 Å². The van der Waals surface area contributed by atoms with Crippen molar-refractivity contribution in [2.24, 2.45) is 0 Å². The molecule has 0 radical (unpaired) electrons. The van der Waals surface area contributed by atoms with E-state index in [1.54, 1.807) is 37.4 Å². The molecule has 0 bridgehead atoms. The van der Waals surface area contributed by atoms with Gasteiger partial charge in [-0.1, -0.05) is 0 Å². The molecular formula is C16H17NO6. The maximum atomic E-state index is 11.0. The predicted molar refractivity (Wildman–Crippen MR) is 83.6 cm³/mol. The first kappa shape index (κ1) is 16.4. The number of rotatable bonds is 8. The molecule has 0 amide bonds. The van der Waals surface area contributed by atoms with E-state index in [1.807, 2.05) is 0 Å². The molecule has 0 aliphatic rings. The summed E-state index contributed by atoms with van der Waals surface area (Å²) in [6.45, 7) is 0.439. The second-order valence-electron chi connectivity index (χ2n) is 4.46. The second-order valence-corrected chi connectivity index (χ2v) is 4.46. The maximum absolute atomic E-state index is 11.0. The third-order valence-electron chi connectivity index (χ3n) is 3.03. The summed E-state index contributed by atoms with van der Waals surface area (Å²) in [5.74, 6) is 1.98. The van der Waals surface area contributed by atoms with Crippen molar-refractivity contribution in [2.45, 2.75) is 0 Å². The molecule has 7 heteroatoms. The van der Waals surface area contributed by atoms with Crippen LogP contribution in [0.25, 0.3) is 0 Å². The first-order valence-electron chi connectivity index (χ1n) is 6.86. The molecule has 0 heterocycles. The summed E-state index contributed by atoms with van der Waals surface area (Å²) >= 11 is 0. The molecule has 0 atom stereocenters. The topological polar surface area (TPSA) is 80.1 Å². The molecule has 0 aliphatic heterocycles. The molecule has 0 unspecified atom stereocenters. The molecule has 0 fully saturated rings. The summed E-state index contributed by atoms with van der Waals surface area (Å²) in [5, 5.41) is 11.0. The number of nitro benzene ring substituents is 1. The normalized spacial score (nSPS) is 10.0. The number of methoxy groups -OCH3 is 2. The average Bonchev–Trinajstić information content (AvgIpc) is 2.59. The van der Waals surface area contributed by atoms with Gasteiger partial charge in [0.15, 0.2) is 5.75 Å². The van der Waals surface area contributed by atoms with E-state index in [1.165, 1.54) is 19.2 Å². The van der Waals surface area contributed by atoms with E-state index in [2.05, 4.69) is 0 Å². The minimum atomic E-state index is -0.512. The third kappa shape index (κ3) is 4.50. The van der Waals surface area contributed by atoms with Crippen LogP contribution in [0.1, 0.15) is 0 Å². The van der Waals surface area contributed by atoms with Gasteiger partial charge in [-0.05, 0) is 36.4 Å². The summed E-state index contributed by atoms with van der Waals surface area (Å²) in [7, 11) is 3.04. The summed E-state index contributed by atoms with van der Waals surface area (Å²) in [6.07, 6.45) is 0. The van der Waals surface area contributed by atoms with Crippen LogP contribution in [-0.4, -0.2) is 32.4 Å². The lowest BCUT2D eigenvalue weighted by atomic mass is 10.3.